The summed E-state index contributed by atoms with van der Waals surface area (Å²) in [6.45, 7) is 4.87. The van der Waals surface area contributed by atoms with Crippen molar-refractivity contribution in [3.63, 3.8) is 0 Å². The Bertz CT molecular complexity index is 698. The molecule has 19 heavy (non-hydrogen) atoms. The van der Waals surface area contributed by atoms with Crippen LogP contribution in [0.15, 0.2) is 35.8 Å². The minimum atomic E-state index is 0.287. The summed E-state index contributed by atoms with van der Waals surface area (Å²) in [5.74, 6) is 0.287. The fraction of sp³-hybridized carbons (Fsp3) is 0.267. The Morgan fingerprint density at radius 2 is 2.26 bits per heavy atom. The van der Waals surface area contributed by atoms with Gasteiger partial charge in [0.05, 0.1) is 10.6 Å². The zero-order valence-electron chi connectivity index (χ0n) is 11.1. The highest BCUT2D eigenvalue weighted by atomic mass is 32.1. The standard InChI is InChI=1S/C15H17N3S/c1-10-5-6-18-13(8-10)17-14(12-4-3-7-19-12)15(18)11(2)9-16/h3-8,11H,9,16H2,1-2H3. The van der Waals surface area contributed by atoms with Crippen LogP contribution < -0.4 is 5.73 Å². The Hall–Kier alpha value is -1.65. The number of rotatable bonds is 3. The smallest absolute Gasteiger partial charge is 0.137 e. The van der Waals surface area contributed by atoms with Gasteiger partial charge >= 0.3 is 0 Å². The third-order valence-electron chi connectivity index (χ3n) is 3.39. The molecule has 0 bridgehead atoms. The number of hydrogen-bond donors (Lipinski definition) is 1. The Kier molecular flexibility index (Phi) is 3.12. The van der Waals surface area contributed by atoms with Crippen LogP contribution in [0.1, 0.15) is 24.1 Å². The molecule has 0 aliphatic carbocycles. The van der Waals surface area contributed by atoms with Gasteiger partial charge in [-0.3, -0.25) is 0 Å². The lowest BCUT2D eigenvalue weighted by Crippen LogP contribution is -2.11. The zero-order chi connectivity index (χ0) is 13.4. The van der Waals surface area contributed by atoms with Crippen LogP contribution in [0.5, 0.6) is 0 Å². The third kappa shape index (κ3) is 2.07. The van der Waals surface area contributed by atoms with Gasteiger partial charge in [-0.05, 0) is 36.1 Å². The molecule has 0 aliphatic rings. The van der Waals surface area contributed by atoms with Gasteiger partial charge in [0.15, 0.2) is 0 Å². The molecule has 0 amide bonds. The monoisotopic (exact) mass is 271 g/mol. The van der Waals surface area contributed by atoms with Crippen LogP contribution in [-0.2, 0) is 0 Å². The summed E-state index contributed by atoms with van der Waals surface area (Å²) < 4.78 is 2.17. The molecule has 98 valence electrons. The summed E-state index contributed by atoms with van der Waals surface area (Å²) in [5, 5.41) is 2.08. The molecule has 3 aromatic heterocycles. The summed E-state index contributed by atoms with van der Waals surface area (Å²) in [7, 11) is 0. The Labute approximate surface area is 116 Å². The van der Waals surface area contributed by atoms with Crippen molar-refractivity contribution in [3.8, 4) is 10.6 Å². The highest BCUT2D eigenvalue weighted by molar-refractivity contribution is 7.13. The van der Waals surface area contributed by atoms with Gasteiger partial charge in [-0.25, -0.2) is 4.98 Å². The van der Waals surface area contributed by atoms with Gasteiger partial charge in [-0.1, -0.05) is 13.0 Å². The zero-order valence-corrected chi connectivity index (χ0v) is 11.9. The topological polar surface area (TPSA) is 43.3 Å². The largest absolute Gasteiger partial charge is 0.330 e. The molecule has 0 saturated heterocycles. The van der Waals surface area contributed by atoms with Crippen LogP contribution in [0, 0.1) is 6.92 Å². The molecule has 0 fully saturated rings. The maximum absolute atomic E-state index is 5.87. The molecule has 0 saturated carbocycles. The number of nitrogens with zero attached hydrogens (tertiary/aromatic N) is 2. The van der Waals surface area contributed by atoms with Crippen molar-refractivity contribution in [2.24, 2.45) is 5.73 Å². The molecule has 3 nitrogen and oxygen atoms in total. The van der Waals surface area contributed by atoms with Gasteiger partial charge in [-0.15, -0.1) is 11.3 Å². The minimum Gasteiger partial charge on any atom is -0.330 e. The molecule has 0 aromatic carbocycles. The van der Waals surface area contributed by atoms with Crippen molar-refractivity contribution in [1.82, 2.24) is 9.38 Å². The summed E-state index contributed by atoms with van der Waals surface area (Å²) in [6, 6.07) is 8.40. The van der Waals surface area contributed by atoms with Crippen molar-refractivity contribution in [1.29, 1.82) is 0 Å². The van der Waals surface area contributed by atoms with E-state index >= 15 is 0 Å². The van der Waals surface area contributed by atoms with E-state index in [9.17, 15) is 0 Å². The van der Waals surface area contributed by atoms with E-state index in [-0.39, 0.29) is 5.92 Å². The molecule has 0 aliphatic heterocycles. The summed E-state index contributed by atoms with van der Waals surface area (Å²) in [5.41, 5.74) is 10.4. The first-order chi connectivity index (χ1) is 9.20. The fourth-order valence-corrected chi connectivity index (χ4v) is 3.07. The Morgan fingerprint density at radius 1 is 1.42 bits per heavy atom. The van der Waals surface area contributed by atoms with Crippen molar-refractivity contribution in [2.75, 3.05) is 6.54 Å². The average Bonchev–Trinajstić information content (AvgIpc) is 3.03. The predicted octanol–water partition coefficient (Wildman–Crippen LogP) is 3.43. The van der Waals surface area contributed by atoms with Crippen LogP contribution >= 0.6 is 11.3 Å². The minimum absolute atomic E-state index is 0.287. The number of hydrogen-bond acceptors (Lipinski definition) is 3. The quantitative estimate of drug-likeness (QED) is 0.793. The number of aryl methyl sites for hydroxylation is 1. The lowest BCUT2D eigenvalue weighted by atomic mass is 10.1. The average molecular weight is 271 g/mol. The van der Waals surface area contributed by atoms with Crippen LogP contribution in [0.4, 0.5) is 0 Å². The van der Waals surface area contributed by atoms with Crippen molar-refractivity contribution < 1.29 is 0 Å². The molecule has 3 heterocycles. The highest BCUT2D eigenvalue weighted by Gasteiger charge is 2.19. The molecule has 1 atom stereocenters. The van der Waals surface area contributed by atoms with E-state index in [1.54, 1.807) is 11.3 Å². The molecule has 3 aromatic rings. The summed E-state index contributed by atoms with van der Waals surface area (Å²) >= 11 is 1.72. The van der Waals surface area contributed by atoms with Crippen LogP contribution in [0.2, 0.25) is 0 Å². The van der Waals surface area contributed by atoms with Gasteiger partial charge in [0.25, 0.3) is 0 Å². The maximum atomic E-state index is 5.87. The second kappa shape index (κ2) is 4.79. The van der Waals surface area contributed by atoms with Gasteiger partial charge in [0, 0.05) is 18.7 Å². The normalized spacial score (nSPS) is 13.0. The van der Waals surface area contributed by atoms with Crippen LogP contribution in [0.25, 0.3) is 16.2 Å². The van der Waals surface area contributed by atoms with E-state index in [2.05, 4.69) is 54.1 Å². The lowest BCUT2D eigenvalue weighted by molar-refractivity contribution is 0.738. The van der Waals surface area contributed by atoms with Gasteiger partial charge in [-0.2, -0.15) is 0 Å². The molecule has 4 heteroatoms. The molecule has 1 unspecified atom stereocenters. The highest BCUT2D eigenvalue weighted by Crippen LogP contribution is 2.32. The predicted molar refractivity (Wildman–Crippen MR) is 80.7 cm³/mol. The Morgan fingerprint density at radius 3 is 2.95 bits per heavy atom. The first-order valence-corrected chi connectivity index (χ1v) is 7.31. The van der Waals surface area contributed by atoms with E-state index in [1.807, 2.05) is 0 Å². The van der Waals surface area contributed by atoms with Gasteiger partial charge in [0.1, 0.15) is 11.3 Å². The van der Waals surface area contributed by atoms with E-state index in [1.165, 1.54) is 16.1 Å². The van der Waals surface area contributed by atoms with E-state index in [0.29, 0.717) is 6.54 Å². The van der Waals surface area contributed by atoms with Crippen molar-refractivity contribution in [2.45, 2.75) is 19.8 Å². The number of aromatic nitrogens is 2. The number of nitrogens with two attached hydrogens (primary N) is 1. The second-order valence-corrected chi connectivity index (χ2v) is 5.84. The molecule has 2 N–H and O–H groups in total. The van der Waals surface area contributed by atoms with Crippen molar-refractivity contribution >= 4 is 17.0 Å². The molecular formula is C15H17N3S. The van der Waals surface area contributed by atoms with E-state index < -0.39 is 0 Å². The number of pyridine rings is 1. The number of fused-ring (bicyclic) bond motifs is 1. The first kappa shape index (κ1) is 12.4. The number of thiophene rings is 1. The second-order valence-electron chi connectivity index (χ2n) is 4.89. The fourth-order valence-electron chi connectivity index (χ4n) is 2.34. The third-order valence-corrected chi connectivity index (χ3v) is 4.27. The molecular weight excluding hydrogens is 254 g/mol. The first-order valence-electron chi connectivity index (χ1n) is 6.43. The molecule has 3 rings (SSSR count). The summed E-state index contributed by atoms with van der Waals surface area (Å²) in [6.07, 6.45) is 2.09. The van der Waals surface area contributed by atoms with Gasteiger partial charge in [0.2, 0.25) is 0 Å². The maximum Gasteiger partial charge on any atom is 0.137 e. The summed E-state index contributed by atoms with van der Waals surface area (Å²) in [4.78, 5) is 6.01. The van der Waals surface area contributed by atoms with Crippen LogP contribution in [-0.4, -0.2) is 15.9 Å². The van der Waals surface area contributed by atoms with Crippen LogP contribution in [0.3, 0.4) is 0 Å². The number of imidazole rings is 1. The van der Waals surface area contributed by atoms with Gasteiger partial charge < -0.3 is 10.1 Å². The lowest BCUT2D eigenvalue weighted by Gasteiger charge is -2.10. The Balaban J connectivity index is 2.31. The molecule has 0 radical (unpaired) electrons. The molecule has 0 spiro atoms. The van der Waals surface area contributed by atoms with Crippen molar-refractivity contribution in [3.05, 3.63) is 47.1 Å². The van der Waals surface area contributed by atoms with E-state index in [4.69, 9.17) is 10.7 Å². The SMILES string of the molecule is Cc1ccn2c(C(C)CN)c(-c3cccs3)nc2c1. The van der Waals surface area contributed by atoms with E-state index in [0.717, 1.165) is 11.3 Å².